The SMILES string of the molecule is CCCN(CC(=O)NC)C(=O)c1ccc(N)cc1.Cl. The van der Waals surface area contributed by atoms with Gasteiger partial charge < -0.3 is 16.0 Å². The molecule has 1 aromatic rings. The van der Waals surface area contributed by atoms with Crippen LogP contribution in [-0.4, -0.2) is 36.9 Å². The molecule has 0 spiro atoms. The first-order chi connectivity index (χ1) is 8.58. The number of amides is 2. The number of carbonyl (C=O) groups is 2. The summed E-state index contributed by atoms with van der Waals surface area (Å²) in [6.45, 7) is 2.59. The van der Waals surface area contributed by atoms with Crippen LogP contribution in [0.3, 0.4) is 0 Å². The maximum absolute atomic E-state index is 12.2. The minimum atomic E-state index is -0.174. The van der Waals surface area contributed by atoms with Crippen molar-refractivity contribution in [3.8, 4) is 0 Å². The monoisotopic (exact) mass is 285 g/mol. The zero-order valence-electron chi connectivity index (χ0n) is 11.2. The highest BCUT2D eigenvalue weighted by Crippen LogP contribution is 2.09. The van der Waals surface area contributed by atoms with E-state index in [0.717, 1.165) is 6.42 Å². The van der Waals surface area contributed by atoms with Crippen molar-refractivity contribution in [2.75, 3.05) is 25.9 Å². The van der Waals surface area contributed by atoms with Gasteiger partial charge in [-0.2, -0.15) is 0 Å². The molecule has 0 aliphatic carbocycles. The van der Waals surface area contributed by atoms with E-state index in [1.807, 2.05) is 6.92 Å². The Hall–Kier alpha value is -1.75. The van der Waals surface area contributed by atoms with Gasteiger partial charge in [0.15, 0.2) is 0 Å². The summed E-state index contributed by atoms with van der Waals surface area (Å²) in [7, 11) is 1.56. The third-order valence-electron chi connectivity index (χ3n) is 2.55. The minimum absolute atomic E-state index is 0. The molecule has 106 valence electrons. The van der Waals surface area contributed by atoms with E-state index < -0.39 is 0 Å². The van der Waals surface area contributed by atoms with Crippen molar-refractivity contribution in [3.05, 3.63) is 29.8 Å². The first-order valence-corrected chi connectivity index (χ1v) is 5.94. The lowest BCUT2D eigenvalue weighted by Crippen LogP contribution is -2.40. The van der Waals surface area contributed by atoms with Gasteiger partial charge in [0.1, 0.15) is 0 Å². The number of anilines is 1. The standard InChI is InChI=1S/C13H19N3O2.ClH/c1-3-8-16(9-12(17)15-2)13(18)10-4-6-11(14)7-5-10;/h4-7H,3,8-9,14H2,1-2H3,(H,15,17);1H. The first-order valence-electron chi connectivity index (χ1n) is 5.94. The Kier molecular flexibility index (Phi) is 7.60. The summed E-state index contributed by atoms with van der Waals surface area (Å²) in [6.07, 6.45) is 0.803. The van der Waals surface area contributed by atoms with Gasteiger partial charge in [-0.25, -0.2) is 0 Å². The van der Waals surface area contributed by atoms with E-state index in [0.29, 0.717) is 17.8 Å². The van der Waals surface area contributed by atoms with Gasteiger partial charge in [0.05, 0.1) is 6.54 Å². The molecule has 6 heteroatoms. The second-order valence-corrected chi connectivity index (χ2v) is 4.02. The van der Waals surface area contributed by atoms with E-state index in [1.165, 1.54) is 4.90 Å². The Labute approximate surface area is 119 Å². The molecule has 1 rings (SSSR count). The van der Waals surface area contributed by atoms with Crippen LogP contribution in [0.1, 0.15) is 23.7 Å². The maximum atomic E-state index is 12.2. The number of nitrogens with two attached hydrogens (primary N) is 1. The molecule has 0 saturated heterocycles. The summed E-state index contributed by atoms with van der Waals surface area (Å²) in [4.78, 5) is 25.1. The Bertz CT molecular complexity index is 420. The Morgan fingerprint density at radius 1 is 1.26 bits per heavy atom. The molecule has 0 unspecified atom stereocenters. The third kappa shape index (κ3) is 5.18. The van der Waals surface area contributed by atoms with Crippen molar-refractivity contribution in [3.63, 3.8) is 0 Å². The number of rotatable bonds is 5. The van der Waals surface area contributed by atoms with Crippen LogP contribution in [0.5, 0.6) is 0 Å². The van der Waals surface area contributed by atoms with E-state index >= 15 is 0 Å². The van der Waals surface area contributed by atoms with Crippen LogP contribution >= 0.6 is 12.4 Å². The van der Waals surface area contributed by atoms with Crippen LogP contribution in [0.15, 0.2) is 24.3 Å². The van der Waals surface area contributed by atoms with Crippen LogP contribution in [0.4, 0.5) is 5.69 Å². The van der Waals surface area contributed by atoms with E-state index in [2.05, 4.69) is 5.32 Å². The molecule has 0 heterocycles. The van der Waals surface area contributed by atoms with Gasteiger partial charge in [-0.05, 0) is 30.7 Å². The van der Waals surface area contributed by atoms with Gasteiger partial charge in [-0.15, -0.1) is 12.4 Å². The highest BCUT2D eigenvalue weighted by molar-refractivity contribution is 5.96. The van der Waals surface area contributed by atoms with Crippen molar-refractivity contribution in [2.45, 2.75) is 13.3 Å². The van der Waals surface area contributed by atoms with E-state index in [4.69, 9.17) is 5.73 Å². The Morgan fingerprint density at radius 2 is 1.84 bits per heavy atom. The quantitative estimate of drug-likeness (QED) is 0.801. The molecule has 0 saturated carbocycles. The number of nitrogens with one attached hydrogen (secondary N) is 1. The van der Waals surface area contributed by atoms with Crippen molar-refractivity contribution in [1.29, 1.82) is 0 Å². The number of nitrogens with zero attached hydrogens (tertiary/aromatic N) is 1. The highest BCUT2D eigenvalue weighted by Gasteiger charge is 2.17. The molecule has 0 aliphatic heterocycles. The largest absolute Gasteiger partial charge is 0.399 e. The smallest absolute Gasteiger partial charge is 0.254 e. The van der Waals surface area contributed by atoms with E-state index in [-0.39, 0.29) is 30.8 Å². The zero-order valence-corrected chi connectivity index (χ0v) is 12.0. The minimum Gasteiger partial charge on any atom is -0.399 e. The third-order valence-corrected chi connectivity index (χ3v) is 2.55. The summed E-state index contributed by atoms with van der Waals surface area (Å²) in [5.41, 5.74) is 6.73. The fourth-order valence-electron chi connectivity index (χ4n) is 1.58. The van der Waals surface area contributed by atoms with Gasteiger partial charge >= 0.3 is 0 Å². The summed E-state index contributed by atoms with van der Waals surface area (Å²) in [5, 5.41) is 2.52. The number of nitrogen functional groups attached to an aromatic ring is 1. The average molecular weight is 286 g/mol. The molecule has 5 nitrogen and oxygen atoms in total. The van der Waals surface area contributed by atoms with Crippen LogP contribution in [0, 0.1) is 0 Å². The Balaban J connectivity index is 0.00000324. The molecule has 2 amide bonds. The average Bonchev–Trinajstić information content (AvgIpc) is 2.38. The normalized spacial score (nSPS) is 9.37. The number of carbonyl (C=O) groups excluding carboxylic acids is 2. The molecule has 0 aromatic heterocycles. The van der Waals surface area contributed by atoms with Crippen LogP contribution in [-0.2, 0) is 4.79 Å². The Morgan fingerprint density at radius 3 is 2.32 bits per heavy atom. The van der Waals surface area contributed by atoms with Gasteiger partial charge in [-0.1, -0.05) is 6.92 Å². The summed E-state index contributed by atoms with van der Waals surface area (Å²) < 4.78 is 0. The molecule has 1 aromatic carbocycles. The second-order valence-electron chi connectivity index (χ2n) is 4.02. The lowest BCUT2D eigenvalue weighted by molar-refractivity contribution is -0.121. The van der Waals surface area contributed by atoms with Crippen molar-refractivity contribution in [1.82, 2.24) is 10.2 Å². The molecule has 0 fully saturated rings. The molecular weight excluding hydrogens is 266 g/mol. The number of halogens is 1. The predicted octanol–water partition coefficient (Wildman–Crippen LogP) is 1.29. The van der Waals surface area contributed by atoms with Crippen molar-refractivity contribution < 1.29 is 9.59 Å². The fourth-order valence-corrected chi connectivity index (χ4v) is 1.58. The summed E-state index contributed by atoms with van der Waals surface area (Å²) >= 11 is 0. The zero-order chi connectivity index (χ0) is 13.5. The van der Waals surface area contributed by atoms with E-state index in [1.54, 1.807) is 31.3 Å². The van der Waals surface area contributed by atoms with E-state index in [9.17, 15) is 9.59 Å². The molecule has 3 N–H and O–H groups in total. The van der Waals surface area contributed by atoms with Gasteiger partial charge in [0.25, 0.3) is 5.91 Å². The van der Waals surface area contributed by atoms with Gasteiger partial charge in [-0.3, -0.25) is 9.59 Å². The molecule has 0 bridgehead atoms. The van der Waals surface area contributed by atoms with Crippen LogP contribution < -0.4 is 11.1 Å². The lowest BCUT2D eigenvalue weighted by Gasteiger charge is -2.21. The fraction of sp³-hybridized carbons (Fsp3) is 0.385. The molecule has 0 radical (unpaired) electrons. The van der Waals surface area contributed by atoms with Crippen molar-refractivity contribution >= 4 is 29.9 Å². The van der Waals surface area contributed by atoms with Crippen LogP contribution in [0.2, 0.25) is 0 Å². The summed E-state index contributed by atoms with van der Waals surface area (Å²) in [6, 6.07) is 6.70. The number of likely N-dealkylation sites (N-methyl/N-ethyl adjacent to an activating group) is 1. The summed E-state index contributed by atoms with van der Waals surface area (Å²) in [5.74, 6) is -0.326. The highest BCUT2D eigenvalue weighted by atomic mass is 35.5. The topological polar surface area (TPSA) is 75.4 Å². The maximum Gasteiger partial charge on any atom is 0.254 e. The molecular formula is C13H20ClN3O2. The van der Waals surface area contributed by atoms with Crippen molar-refractivity contribution in [2.24, 2.45) is 0 Å². The van der Waals surface area contributed by atoms with Gasteiger partial charge in [0, 0.05) is 24.8 Å². The number of hydrogen-bond acceptors (Lipinski definition) is 3. The van der Waals surface area contributed by atoms with Gasteiger partial charge in [0.2, 0.25) is 5.91 Å². The number of hydrogen-bond donors (Lipinski definition) is 2. The first kappa shape index (κ1) is 17.2. The number of benzene rings is 1. The molecule has 0 aliphatic rings. The molecule has 0 atom stereocenters. The second kappa shape index (κ2) is 8.37. The lowest BCUT2D eigenvalue weighted by atomic mass is 10.1. The van der Waals surface area contributed by atoms with Crippen LogP contribution in [0.25, 0.3) is 0 Å². The predicted molar refractivity (Wildman–Crippen MR) is 78.4 cm³/mol. The molecule has 19 heavy (non-hydrogen) atoms.